The third-order valence-electron chi connectivity index (χ3n) is 2.57. The molecule has 6 heteroatoms. The molecule has 1 amide bonds. The average Bonchev–Trinajstić information content (AvgIpc) is 2.83. The Morgan fingerprint density at radius 1 is 1.45 bits per heavy atom. The monoisotopic (exact) mass is 270 g/mol. The fourth-order valence-electron chi connectivity index (χ4n) is 1.56. The molecular formula is C14H14N4O2. The first-order valence-electron chi connectivity index (χ1n) is 6.01. The number of carbonyl (C=O) groups is 1. The van der Waals surface area contributed by atoms with Gasteiger partial charge in [-0.05, 0) is 31.5 Å². The van der Waals surface area contributed by atoms with E-state index < -0.39 is 0 Å². The Bertz CT molecular complexity index is 695. The van der Waals surface area contributed by atoms with Gasteiger partial charge in [-0.15, -0.1) is 0 Å². The Hall–Kier alpha value is -2.65. The Balaban J connectivity index is 2.22. The van der Waals surface area contributed by atoms with Crippen molar-refractivity contribution in [1.82, 2.24) is 10.1 Å². The van der Waals surface area contributed by atoms with Gasteiger partial charge in [0.1, 0.15) is 0 Å². The van der Waals surface area contributed by atoms with Gasteiger partial charge in [-0.1, -0.05) is 23.1 Å². The van der Waals surface area contributed by atoms with Crippen LogP contribution in [-0.2, 0) is 0 Å². The van der Waals surface area contributed by atoms with E-state index >= 15 is 0 Å². The molecule has 0 unspecified atom stereocenters. The van der Waals surface area contributed by atoms with Crippen LogP contribution < -0.4 is 11.1 Å². The largest absolute Gasteiger partial charge is 0.328 e. The number of rotatable bonds is 2. The van der Waals surface area contributed by atoms with Crippen molar-refractivity contribution < 1.29 is 9.32 Å². The van der Waals surface area contributed by atoms with Crippen molar-refractivity contribution >= 4 is 11.9 Å². The number of aromatic nitrogens is 2. The predicted molar refractivity (Wildman–Crippen MR) is 74.1 cm³/mol. The summed E-state index contributed by atoms with van der Waals surface area (Å²) in [4.78, 5) is 16.0. The third kappa shape index (κ3) is 3.22. The summed E-state index contributed by atoms with van der Waals surface area (Å²) in [5.74, 6) is 5.83. The topological polar surface area (TPSA) is 94.0 Å². The smallest absolute Gasteiger partial charge is 0.320 e. The van der Waals surface area contributed by atoms with Crippen molar-refractivity contribution in [1.29, 1.82) is 0 Å². The lowest BCUT2D eigenvalue weighted by Gasteiger charge is -2.03. The quantitative estimate of drug-likeness (QED) is 0.801. The Morgan fingerprint density at radius 2 is 2.25 bits per heavy atom. The van der Waals surface area contributed by atoms with Gasteiger partial charge in [0.25, 0.3) is 5.91 Å². The standard InChI is InChI=1S/C14H14N4O2/c1-9-5-6-12(8-11(9)4-3-7-15)13(19)17-14-16-10(2)18-20-14/h5-6,8H,7,15H2,1-2H3,(H,16,17,18,19). The molecule has 0 spiro atoms. The van der Waals surface area contributed by atoms with Gasteiger partial charge in [0.15, 0.2) is 5.82 Å². The minimum Gasteiger partial charge on any atom is -0.320 e. The lowest BCUT2D eigenvalue weighted by Crippen LogP contribution is -2.12. The number of hydrogen-bond donors (Lipinski definition) is 2. The van der Waals surface area contributed by atoms with Gasteiger partial charge in [-0.3, -0.25) is 10.1 Å². The first-order valence-corrected chi connectivity index (χ1v) is 6.01. The molecule has 3 N–H and O–H groups in total. The molecule has 20 heavy (non-hydrogen) atoms. The second-order valence-corrected chi connectivity index (χ2v) is 4.14. The number of hydrogen-bond acceptors (Lipinski definition) is 5. The summed E-state index contributed by atoms with van der Waals surface area (Å²) >= 11 is 0. The SMILES string of the molecule is Cc1noc(NC(=O)c2ccc(C)c(C#CCN)c2)n1. The van der Waals surface area contributed by atoms with Crippen LogP contribution in [0.25, 0.3) is 0 Å². The number of nitrogens with zero attached hydrogens (tertiary/aromatic N) is 2. The van der Waals surface area contributed by atoms with E-state index in [4.69, 9.17) is 10.3 Å². The lowest BCUT2D eigenvalue weighted by atomic mass is 10.0. The van der Waals surface area contributed by atoms with Crippen molar-refractivity contribution in [3.05, 3.63) is 40.7 Å². The molecule has 2 rings (SSSR count). The van der Waals surface area contributed by atoms with Crippen LogP contribution in [0.2, 0.25) is 0 Å². The lowest BCUT2D eigenvalue weighted by molar-refractivity contribution is 0.102. The van der Waals surface area contributed by atoms with E-state index in [-0.39, 0.29) is 18.5 Å². The highest BCUT2D eigenvalue weighted by atomic mass is 16.5. The molecule has 0 aliphatic heterocycles. The molecule has 0 radical (unpaired) electrons. The van der Waals surface area contributed by atoms with Crippen LogP contribution in [0.4, 0.5) is 6.01 Å². The molecule has 0 aliphatic rings. The van der Waals surface area contributed by atoms with E-state index in [9.17, 15) is 4.79 Å². The van der Waals surface area contributed by atoms with E-state index in [1.165, 1.54) is 0 Å². The molecule has 0 saturated heterocycles. The first-order chi connectivity index (χ1) is 9.60. The van der Waals surface area contributed by atoms with Gasteiger partial charge in [0, 0.05) is 11.1 Å². The average molecular weight is 270 g/mol. The molecular weight excluding hydrogens is 256 g/mol. The summed E-state index contributed by atoms with van der Waals surface area (Å²) < 4.78 is 4.84. The number of aryl methyl sites for hydroxylation is 2. The third-order valence-corrected chi connectivity index (χ3v) is 2.57. The van der Waals surface area contributed by atoms with Crippen LogP contribution in [0.5, 0.6) is 0 Å². The summed E-state index contributed by atoms with van der Waals surface area (Å²) in [5.41, 5.74) is 7.56. The van der Waals surface area contributed by atoms with E-state index in [0.717, 1.165) is 11.1 Å². The van der Waals surface area contributed by atoms with Gasteiger partial charge < -0.3 is 10.3 Å². The summed E-state index contributed by atoms with van der Waals surface area (Å²) in [5, 5.41) is 6.13. The van der Waals surface area contributed by atoms with Crippen LogP contribution >= 0.6 is 0 Å². The van der Waals surface area contributed by atoms with E-state index in [1.807, 2.05) is 13.0 Å². The molecule has 0 saturated carbocycles. The molecule has 1 aromatic heterocycles. The molecule has 0 aliphatic carbocycles. The highest BCUT2D eigenvalue weighted by Gasteiger charge is 2.11. The van der Waals surface area contributed by atoms with Gasteiger partial charge in [0.2, 0.25) is 0 Å². The van der Waals surface area contributed by atoms with Gasteiger partial charge in [-0.2, -0.15) is 4.98 Å². The maximum atomic E-state index is 12.0. The molecule has 1 aromatic carbocycles. The van der Waals surface area contributed by atoms with Crippen molar-refractivity contribution in [2.24, 2.45) is 5.73 Å². The number of anilines is 1. The molecule has 0 fully saturated rings. The summed E-state index contributed by atoms with van der Waals surface area (Å²) in [7, 11) is 0. The summed E-state index contributed by atoms with van der Waals surface area (Å²) in [6.07, 6.45) is 0. The second kappa shape index (κ2) is 5.99. The van der Waals surface area contributed by atoms with Crippen LogP contribution in [0.1, 0.15) is 27.3 Å². The number of carbonyl (C=O) groups excluding carboxylic acids is 1. The van der Waals surface area contributed by atoms with Crippen LogP contribution in [0.3, 0.4) is 0 Å². The Kier molecular flexibility index (Phi) is 4.13. The van der Waals surface area contributed by atoms with Gasteiger partial charge in [-0.25, -0.2) is 0 Å². The predicted octanol–water partition coefficient (Wildman–Crippen LogP) is 1.25. The van der Waals surface area contributed by atoms with Crippen LogP contribution in [-0.4, -0.2) is 22.6 Å². The molecule has 0 bridgehead atoms. The van der Waals surface area contributed by atoms with Crippen molar-refractivity contribution in [3.8, 4) is 11.8 Å². The highest BCUT2D eigenvalue weighted by Crippen LogP contribution is 2.12. The molecule has 1 heterocycles. The summed E-state index contributed by atoms with van der Waals surface area (Å²) in [6.45, 7) is 3.87. The number of amides is 1. The van der Waals surface area contributed by atoms with Crippen molar-refractivity contribution in [2.75, 3.05) is 11.9 Å². The van der Waals surface area contributed by atoms with E-state index in [0.29, 0.717) is 11.4 Å². The van der Waals surface area contributed by atoms with Crippen LogP contribution in [0, 0.1) is 25.7 Å². The van der Waals surface area contributed by atoms with Gasteiger partial charge in [0.05, 0.1) is 6.54 Å². The van der Waals surface area contributed by atoms with E-state index in [2.05, 4.69) is 27.3 Å². The Labute approximate surface area is 116 Å². The molecule has 6 nitrogen and oxygen atoms in total. The fraction of sp³-hybridized carbons (Fsp3) is 0.214. The molecule has 0 atom stereocenters. The zero-order valence-electron chi connectivity index (χ0n) is 11.2. The number of nitrogens with one attached hydrogen (secondary N) is 1. The minimum absolute atomic E-state index is 0.0719. The molecule has 102 valence electrons. The maximum absolute atomic E-state index is 12.0. The van der Waals surface area contributed by atoms with Gasteiger partial charge >= 0.3 is 6.01 Å². The second-order valence-electron chi connectivity index (χ2n) is 4.14. The first kappa shape index (κ1) is 13.8. The Morgan fingerprint density at radius 3 is 2.90 bits per heavy atom. The molecule has 2 aromatic rings. The van der Waals surface area contributed by atoms with Crippen molar-refractivity contribution in [3.63, 3.8) is 0 Å². The van der Waals surface area contributed by atoms with E-state index in [1.54, 1.807) is 19.1 Å². The maximum Gasteiger partial charge on any atom is 0.328 e. The normalized spacial score (nSPS) is 9.75. The zero-order valence-corrected chi connectivity index (χ0v) is 11.2. The number of benzene rings is 1. The van der Waals surface area contributed by atoms with Crippen LogP contribution in [0.15, 0.2) is 22.7 Å². The van der Waals surface area contributed by atoms with Crippen molar-refractivity contribution in [2.45, 2.75) is 13.8 Å². The highest BCUT2D eigenvalue weighted by molar-refractivity contribution is 6.03. The minimum atomic E-state index is -0.329. The number of nitrogens with two attached hydrogens (primary N) is 1. The summed E-state index contributed by atoms with van der Waals surface area (Å²) in [6, 6.07) is 5.31. The zero-order chi connectivity index (χ0) is 14.5. The fourth-order valence-corrected chi connectivity index (χ4v) is 1.56.